The van der Waals surface area contributed by atoms with E-state index in [1.807, 2.05) is 17.9 Å². The number of piperazine rings is 1. The van der Waals surface area contributed by atoms with Crippen molar-refractivity contribution in [3.05, 3.63) is 35.1 Å². The molecule has 0 spiro atoms. The standard InChI is InChI=1S/C22H31FN6O.HI/c1-2-25-22(26-16-19-14-18(15-24)6-7-20(19)23)29-12-10-27(11-13-29)17-21(30)28-8-4-3-5-9-28;/h6-7,14H,2-5,8-13,16-17H2,1H3,(H,25,26);1H. The van der Waals surface area contributed by atoms with Gasteiger partial charge in [-0.15, -0.1) is 24.0 Å². The number of likely N-dealkylation sites (tertiary alicyclic amines) is 1. The zero-order valence-electron chi connectivity index (χ0n) is 18.1. The second-order valence-corrected chi connectivity index (χ2v) is 7.79. The van der Waals surface area contributed by atoms with E-state index in [1.54, 1.807) is 6.07 Å². The highest BCUT2D eigenvalue weighted by Gasteiger charge is 2.24. The molecule has 0 aliphatic carbocycles. The summed E-state index contributed by atoms with van der Waals surface area (Å²) < 4.78 is 14.1. The molecule has 9 heteroatoms. The van der Waals surface area contributed by atoms with Crippen molar-refractivity contribution < 1.29 is 9.18 Å². The number of nitriles is 1. The van der Waals surface area contributed by atoms with Gasteiger partial charge < -0.3 is 15.1 Å². The van der Waals surface area contributed by atoms with E-state index in [9.17, 15) is 9.18 Å². The van der Waals surface area contributed by atoms with E-state index in [0.717, 1.165) is 58.1 Å². The molecule has 2 heterocycles. The predicted octanol–water partition coefficient (Wildman–Crippen LogP) is 2.41. The van der Waals surface area contributed by atoms with Crippen molar-refractivity contribution in [3.8, 4) is 6.07 Å². The topological polar surface area (TPSA) is 75.0 Å². The Kier molecular flexibility index (Phi) is 10.5. The third-order valence-corrected chi connectivity index (χ3v) is 5.65. The zero-order chi connectivity index (χ0) is 21.3. The number of aliphatic imine (C=N–C) groups is 1. The summed E-state index contributed by atoms with van der Waals surface area (Å²) >= 11 is 0. The summed E-state index contributed by atoms with van der Waals surface area (Å²) in [5, 5.41) is 12.3. The summed E-state index contributed by atoms with van der Waals surface area (Å²) in [4.78, 5) is 23.4. The highest BCUT2D eigenvalue weighted by Crippen LogP contribution is 2.13. The van der Waals surface area contributed by atoms with E-state index >= 15 is 0 Å². The molecular formula is C22H32FIN6O. The SMILES string of the molecule is CCNC(=NCc1cc(C#N)ccc1F)N1CCN(CC(=O)N2CCCCC2)CC1.I. The number of hydrogen-bond acceptors (Lipinski definition) is 4. The van der Waals surface area contributed by atoms with Crippen LogP contribution in [0.2, 0.25) is 0 Å². The van der Waals surface area contributed by atoms with Crippen molar-refractivity contribution in [3.63, 3.8) is 0 Å². The fraction of sp³-hybridized carbons (Fsp3) is 0.591. The number of carbonyl (C=O) groups is 1. The Morgan fingerprint density at radius 3 is 2.48 bits per heavy atom. The number of halogens is 2. The first-order valence-electron chi connectivity index (χ1n) is 10.8. The van der Waals surface area contributed by atoms with Crippen LogP contribution in [0.1, 0.15) is 37.3 Å². The van der Waals surface area contributed by atoms with Gasteiger partial charge >= 0.3 is 0 Å². The van der Waals surface area contributed by atoms with Gasteiger partial charge in [0.25, 0.3) is 0 Å². The first-order valence-corrected chi connectivity index (χ1v) is 10.8. The van der Waals surface area contributed by atoms with Gasteiger partial charge in [-0.05, 0) is 44.4 Å². The Bertz CT molecular complexity index is 798. The molecule has 3 rings (SSSR count). The highest BCUT2D eigenvalue weighted by atomic mass is 127. The van der Waals surface area contributed by atoms with Crippen molar-refractivity contribution >= 4 is 35.8 Å². The maximum absolute atomic E-state index is 14.1. The molecule has 7 nitrogen and oxygen atoms in total. The van der Waals surface area contributed by atoms with Crippen molar-refractivity contribution in [2.75, 3.05) is 52.4 Å². The number of nitrogens with zero attached hydrogens (tertiary/aromatic N) is 5. The summed E-state index contributed by atoms with van der Waals surface area (Å²) in [7, 11) is 0. The van der Waals surface area contributed by atoms with E-state index in [1.165, 1.54) is 18.6 Å². The van der Waals surface area contributed by atoms with Crippen LogP contribution in [0.15, 0.2) is 23.2 Å². The van der Waals surface area contributed by atoms with Gasteiger partial charge in [0, 0.05) is 51.4 Å². The third-order valence-electron chi connectivity index (χ3n) is 5.65. The van der Waals surface area contributed by atoms with Gasteiger partial charge in [-0.2, -0.15) is 5.26 Å². The second kappa shape index (κ2) is 12.8. The summed E-state index contributed by atoms with van der Waals surface area (Å²) in [5.41, 5.74) is 0.841. The van der Waals surface area contributed by atoms with Crippen LogP contribution in [0.3, 0.4) is 0 Å². The summed E-state index contributed by atoms with van der Waals surface area (Å²) in [6.45, 7) is 8.27. The smallest absolute Gasteiger partial charge is 0.236 e. The quantitative estimate of drug-likeness (QED) is 0.352. The molecule has 1 aromatic carbocycles. The molecule has 1 aromatic rings. The molecule has 2 aliphatic heterocycles. The predicted molar refractivity (Wildman–Crippen MR) is 130 cm³/mol. The molecule has 1 amide bonds. The van der Waals surface area contributed by atoms with Crippen LogP contribution in [0.4, 0.5) is 4.39 Å². The van der Waals surface area contributed by atoms with E-state index in [0.29, 0.717) is 24.2 Å². The molecule has 0 atom stereocenters. The van der Waals surface area contributed by atoms with E-state index in [2.05, 4.69) is 20.1 Å². The molecule has 170 valence electrons. The van der Waals surface area contributed by atoms with Crippen molar-refractivity contribution in [1.29, 1.82) is 5.26 Å². The zero-order valence-corrected chi connectivity index (χ0v) is 20.5. The molecule has 2 saturated heterocycles. The molecule has 0 bridgehead atoms. The number of benzene rings is 1. The Hall–Kier alpha value is -1.93. The van der Waals surface area contributed by atoms with Gasteiger partial charge in [-0.1, -0.05) is 0 Å². The lowest BCUT2D eigenvalue weighted by atomic mass is 10.1. The minimum atomic E-state index is -0.352. The van der Waals surface area contributed by atoms with Crippen LogP contribution >= 0.6 is 24.0 Å². The molecular weight excluding hydrogens is 510 g/mol. The van der Waals surface area contributed by atoms with Gasteiger partial charge in [0.1, 0.15) is 5.82 Å². The summed E-state index contributed by atoms with van der Waals surface area (Å²) in [6, 6.07) is 6.37. The molecule has 2 fully saturated rings. The van der Waals surface area contributed by atoms with E-state index in [4.69, 9.17) is 5.26 Å². The van der Waals surface area contributed by atoms with Crippen molar-refractivity contribution in [2.24, 2.45) is 4.99 Å². The van der Waals surface area contributed by atoms with Crippen LogP contribution in [-0.4, -0.2) is 78.9 Å². The number of amides is 1. The number of nitrogens with one attached hydrogen (secondary N) is 1. The Morgan fingerprint density at radius 2 is 1.84 bits per heavy atom. The lowest BCUT2D eigenvalue weighted by molar-refractivity contribution is -0.133. The molecule has 2 aliphatic rings. The minimum Gasteiger partial charge on any atom is -0.357 e. The lowest BCUT2D eigenvalue weighted by Crippen LogP contribution is -2.54. The molecule has 0 saturated carbocycles. The van der Waals surface area contributed by atoms with Crippen LogP contribution in [0.25, 0.3) is 0 Å². The Labute approximate surface area is 201 Å². The average Bonchev–Trinajstić information content (AvgIpc) is 2.79. The van der Waals surface area contributed by atoms with Gasteiger partial charge in [0.15, 0.2) is 5.96 Å². The number of guanidine groups is 1. The average molecular weight is 542 g/mol. The van der Waals surface area contributed by atoms with Crippen molar-refractivity contribution in [1.82, 2.24) is 20.0 Å². The van der Waals surface area contributed by atoms with Gasteiger partial charge in [0.05, 0.1) is 24.7 Å². The number of rotatable bonds is 5. The molecule has 31 heavy (non-hydrogen) atoms. The van der Waals surface area contributed by atoms with Crippen LogP contribution in [0, 0.1) is 17.1 Å². The normalized spacial score (nSPS) is 17.6. The second-order valence-electron chi connectivity index (χ2n) is 7.79. The number of piperidine rings is 1. The molecule has 0 radical (unpaired) electrons. The largest absolute Gasteiger partial charge is 0.357 e. The van der Waals surface area contributed by atoms with Gasteiger partial charge in [-0.25, -0.2) is 9.38 Å². The first kappa shape index (κ1) is 25.3. The van der Waals surface area contributed by atoms with Gasteiger partial charge in [0.2, 0.25) is 5.91 Å². The van der Waals surface area contributed by atoms with E-state index in [-0.39, 0.29) is 42.2 Å². The molecule has 0 aromatic heterocycles. The monoisotopic (exact) mass is 542 g/mol. The Morgan fingerprint density at radius 1 is 1.13 bits per heavy atom. The Balaban J connectivity index is 0.00000341. The maximum atomic E-state index is 14.1. The summed E-state index contributed by atoms with van der Waals surface area (Å²) in [5.74, 6) is 0.618. The highest BCUT2D eigenvalue weighted by molar-refractivity contribution is 14.0. The fourth-order valence-corrected chi connectivity index (χ4v) is 3.90. The van der Waals surface area contributed by atoms with Crippen LogP contribution in [0.5, 0.6) is 0 Å². The number of hydrogen-bond donors (Lipinski definition) is 1. The fourth-order valence-electron chi connectivity index (χ4n) is 3.90. The van der Waals surface area contributed by atoms with Gasteiger partial charge in [-0.3, -0.25) is 9.69 Å². The third kappa shape index (κ3) is 7.31. The summed E-state index contributed by atoms with van der Waals surface area (Å²) in [6.07, 6.45) is 3.44. The van der Waals surface area contributed by atoms with Crippen molar-refractivity contribution in [2.45, 2.75) is 32.7 Å². The molecule has 1 N–H and O–H groups in total. The van der Waals surface area contributed by atoms with Crippen LogP contribution < -0.4 is 5.32 Å². The molecule has 0 unspecified atom stereocenters. The minimum absolute atomic E-state index is 0. The number of carbonyl (C=O) groups excluding carboxylic acids is 1. The van der Waals surface area contributed by atoms with E-state index < -0.39 is 0 Å². The maximum Gasteiger partial charge on any atom is 0.236 e. The first-order chi connectivity index (χ1) is 14.6. The van der Waals surface area contributed by atoms with Crippen LogP contribution in [-0.2, 0) is 11.3 Å². The lowest BCUT2D eigenvalue weighted by Gasteiger charge is -2.37.